The first-order valence-electron chi connectivity index (χ1n) is 10.1. The molecule has 0 aliphatic heterocycles. The molecule has 0 aromatic rings. The fourth-order valence-corrected chi connectivity index (χ4v) is 3.19. The predicted octanol–water partition coefficient (Wildman–Crippen LogP) is 7.55. The highest BCUT2D eigenvalue weighted by Crippen LogP contribution is 2.17. The molecule has 0 radical (unpaired) electrons. The van der Waals surface area contributed by atoms with Crippen LogP contribution in [0.3, 0.4) is 0 Å². The maximum absolute atomic E-state index is 12.0. The molecule has 0 aliphatic rings. The fraction of sp³-hybridized carbons (Fsp3) is 0.952. The molecule has 0 aliphatic carbocycles. The number of hydrogen-bond acceptors (Lipinski definition) is 1. The van der Waals surface area contributed by atoms with Gasteiger partial charge in [0.05, 0.1) is 5.38 Å². The van der Waals surface area contributed by atoms with Crippen LogP contribution in [-0.2, 0) is 4.79 Å². The fourth-order valence-electron chi connectivity index (χ4n) is 2.93. The van der Waals surface area contributed by atoms with E-state index < -0.39 is 0 Å². The number of Topliss-reactive ketones (excluding diaryl/α,β-unsaturated/α-hetero) is 1. The van der Waals surface area contributed by atoms with E-state index in [1.54, 1.807) is 0 Å². The van der Waals surface area contributed by atoms with Gasteiger partial charge in [-0.2, -0.15) is 0 Å². The molecule has 0 amide bonds. The second kappa shape index (κ2) is 15.5. The van der Waals surface area contributed by atoms with E-state index in [-0.39, 0.29) is 11.2 Å². The molecule has 23 heavy (non-hydrogen) atoms. The molecule has 0 saturated carbocycles. The van der Waals surface area contributed by atoms with Crippen LogP contribution < -0.4 is 0 Å². The normalized spacial score (nSPS) is 13.0. The molecule has 0 heterocycles. The Morgan fingerprint density at radius 3 is 1.52 bits per heavy atom. The quantitative estimate of drug-likeness (QED) is 0.208. The summed E-state index contributed by atoms with van der Waals surface area (Å²) < 4.78 is 0. The Labute approximate surface area is 151 Å². The average Bonchev–Trinajstić information content (AvgIpc) is 2.48. The number of hydrogen-bond donors (Lipinski definition) is 0. The van der Waals surface area contributed by atoms with Crippen LogP contribution in [0.15, 0.2) is 0 Å². The summed E-state index contributed by atoms with van der Waals surface area (Å²) in [6, 6.07) is 0. The van der Waals surface area contributed by atoms with Crippen molar-refractivity contribution in [3.05, 3.63) is 0 Å². The van der Waals surface area contributed by atoms with Gasteiger partial charge in [0.1, 0.15) is 0 Å². The number of rotatable bonds is 16. The second-order valence-corrected chi connectivity index (χ2v) is 8.55. The number of alkyl halides is 1. The maximum Gasteiger partial charge on any atom is 0.150 e. The lowest BCUT2D eigenvalue weighted by atomic mass is 10.0. The summed E-state index contributed by atoms with van der Waals surface area (Å²) in [5.74, 6) is 1.88. The molecule has 0 aromatic carbocycles. The lowest BCUT2D eigenvalue weighted by Gasteiger charge is -2.09. The number of carbonyl (C=O) groups is 1. The third-order valence-electron chi connectivity index (χ3n) is 4.54. The van der Waals surface area contributed by atoms with Crippen LogP contribution in [0.4, 0.5) is 0 Å². The molecule has 0 N–H and O–H groups in total. The Morgan fingerprint density at radius 1 is 0.652 bits per heavy atom. The van der Waals surface area contributed by atoms with Crippen LogP contribution in [0.1, 0.15) is 111 Å². The zero-order chi connectivity index (χ0) is 17.5. The SMILES string of the molecule is CC(C)CCCCCCCCC(Cl)C(=O)CCCCCC(C)C. The van der Waals surface area contributed by atoms with E-state index in [4.69, 9.17) is 11.6 Å². The first-order chi connectivity index (χ1) is 10.9. The van der Waals surface area contributed by atoms with Gasteiger partial charge in [-0.1, -0.05) is 91.9 Å². The van der Waals surface area contributed by atoms with Crippen LogP contribution in [0.2, 0.25) is 0 Å². The number of ketones is 1. The molecule has 0 fully saturated rings. The third-order valence-corrected chi connectivity index (χ3v) is 5.00. The molecular weight excluding hydrogens is 304 g/mol. The van der Waals surface area contributed by atoms with Crippen molar-refractivity contribution in [1.29, 1.82) is 0 Å². The minimum absolute atomic E-state index is 0.235. The highest BCUT2D eigenvalue weighted by atomic mass is 35.5. The Kier molecular flexibility index (Phi) is 15.5. The van der Waals surface area contributed by atoms with Gasteiger partial charge < -0.3 is 0 Å². The molecule has 0 rings (SSSR count). The second-order valence-electron chi connectivity index (χ2n) is 8.02. The third kappa shape index (κ3) is 16.6. The van der Waals surface area contributed by atoms with Crippen molar-refractivity contribution in [3.63, 3.8) is 0 Å². The van der Waals surface area contributed by atoms with Gasteiger partial charge in [0.2, 0.25) is 0 Å². The number of halogens is 1. The van der Waals surface area contributed by atoms with E-state index in [1.165, 1.54) is 57.8 Å². The van der Waals surface area contributed by atoms with Crippen LogP contribution in [0, 0.1) is 11.8 Å². The highest BCUT2D eigenvalue weighted by Gasteiger charge is 2.14. The molecule has 0 bridgehead atoms. The van der Waals surface area contributed by atoms with Crippen molar-refractivity contribution in [2.45, 2.75) is 117 Å². The zero-order valence-corrected chi connectivity index (χ0v) is 17.0. The average molecular weight is 345 g/mol. The topological polar surface area (TPSA) is 17.1 Å². The smallest absolute Gasteiger partial charge is 0.150 e. The summed E-state index contributed by atoms with van der Waals surface area (Å²) in [6.07, 6.45) is 15.3. The van der Waals surface area contributed by atoms with Crippen molar-refractivity contribution in [2.24, 2.45) is 11.8 Å². The van der Waals surface area contributed by atoms with Crippen molar-refractivity contribution in [1.82, 2.24) is 0 Å². The molecule has 1 unspecified atom stereocenters. The summed E-state index contributed by atoms with van der Waals surface area (Å²) in [4.78, 5) is 12.0. The van der Waals surface area contributed by atoms with Gasteiger partial charge in [0, 0.05) is 6.42 Å². The van der Waals surface area contributed by atoms with E-state index in [2.05, 4.69) is 27.7 Å². The van der Waals surface area contributed by atoms with E-state index in [0.29, 0.717) is 6.42 Å². The number of carbonyl (C=O) groups excluding carboxylic acids is 1. The van der Waals surface area contributed by atoms with Gasteiger partial charge in [-0.05, 0) is 24.7 Å². The van der Waals surface area contributed by atoms with Crippen LogP contribution >= 0.6 is 11.6 Å². The summed E-state index contributed by atoms with van der Waals surface area (Å²) in [6.45, 7) is 9.10. The molecule has 2 heteroatoms. The Bertz CT molecular complexity index is 273. The van der Waals surface area contributed by atoms with Gasteiger partial charge in [0.25, 0.3) is 0 Å². The van der Waals surface area contributed by atoms with Gasteiger partial charge in [-0.15, -0.1) is 11.6 Å². The summed E-state index contributed by atoms with van der Waals surface area (Å²) in [5.41, 5.74) is 0. The van der Waals surface area contributed by atoms with E-state index in [0.717, 1.165) is 31.1 Å². The molecule has 0 aromatic heterocycles. The Balaban J connectivity index is 3.40. The summed E-state index contributed by atoms with van der Waals surface area (Å²) in [5, 5.41) is -0.235. The summed E-state index contributed by atoms with van der Waals surface area (Å²) in [7, 11) is 0. The highest BCUT2D eigenvalue weighted by molar-refractivity contribution is 6.31. The standard InChI is InChI=1S/C21H41ClO/c1-18(2)14-10-7-5-6-8-12-16-20(22)21(23)17-13-9-11-15-19(3)4/h18-20H,5-17H2,1-4H3. The van der Waals surface area contributed by atoms with Crippen molar-refractivity contribution in [3.8, 4) is 0 Å². The maximum atomic E-state index is 12.0. The molecular formula is C21H41ClO. The molecule has 1 atom stereocenters. The van der Waals surface area contributed by atoms with Crippen LogP contribution in [0.25, 0.3) is 0 Å². The first kappa shape index (κ1) is 23.0. The Hall–Kier alpha value is -0.0400. The van der Waals surface area contributed by atoms with Gasteiger partial charge in [0.15, 0.2) is 5.78 Å². The number of unbranched alkanes of at least 4 members (excludes halogenated alkanes) is 7. The van der Waals surface area contributed by atoms with E-state index in [9.17, 15) is 4.79 Å². The van der Waals surface area contributed by atoms with Crippen molar-refractivity contribution in [2.75, 3.05) is 0 Å². The van der Waals surface area contributed by atoms with E-state index >= 15 is 0 Å². The zero-order valence-electron chi connectivity index (χ0n) is 16.2. The minimum atomic E-state index is -0.235. The molecule has 1 nitrogen and oxygen atoms in total. The minimum Gasteiger partial charge on any atom is -0.298 e. The van der Waals surface area contributed by atoms with E-state index in [1.807, 2.05) is 0 Å². The van der Waals surface area contributed by atoms with Crippen LogP contribution in [-0.4, -0.2) is 11.2 Å². The largest absolute Gasteiger partial charge is 0.298 e. The molecule has 0 saturated heterocycles. The van der Waals surface area contributed by atoms with Gasteiger partial charge >= 0.3 is 0 Å². The van der Waals surface area contributed by atoms with Gasteiger partial charge in [-0.25, -0.2) is 0 Å². The lowest BCUT2D eigenvalue weighted by molar-refractivity contribution is -0.119. The summed E-state index contributed by atoms with van der Waals surface area (Å²) >= 11 is 6.24. The van der Waals surface area contributed by atoms with Gasteiger partial charge in [-0.3, -0.25) is 4.79 Å². The first-order valence-corrected chi connectivity index (χ1v) is 10.5. The Morgan fingerprint density at radius 2 is 1.04 bits per heavy atom. The van der Waals surface area contributed by atoms with Crippen LogP contribution in [0.5, 0.6) is 0 Å². The predicted molar refractivity (Wildman–Crippen MR) is 104 cm³/mol. The molecule has 138 valence electrons. The van der Waals surface area contributed by atoms with Crippen molar-refractivity contribution >= 4 is 17.4 Å². The molecule has 0 spiro atoms. The van der Waals surface area contributed by atoms with Crippen molar-refractivity contribution < 1.29 is 4.79 Å². The lowest BCUT2D eigenvalue weighted by Crippen LogP contribution is -2.14. The monoisotopic (exact) mass is 344 g/mol.